The molecule has 2 atom stereocenters. The second kappa shape index (κ2) is 8.24. The van der Waals surface area contributed by atoms with E-state index in [1.807, 2.05) is 36.4 Å². The number of hydrogen-bond donors (Lipinski definition) is 0. The van der Waals surface area contributed by atoms with Crippen LogP contribution < -0.4 is 4.90 Å². The number of hydrogen-bond acceptors (Lipinski definition) is 2. The van der Waals surface area contributed by atoms with Crippen LogP contribution in [0.25, 0.3) is 0 Å². The van der Waals surface area contributed by atoms with Crippen LogP contribution in [0.1, 0.15) is 16.7 Å². The Morgan fingerprint density at radius 2 is 1.31 bits per heavy atom. The predicted octanol–water partition coefficient (Wildman–Crippen LogP) is 5.98. The van der Waals surface area contributed by atoms with E-state index in [4.69, 9.17) is 0 Å². The molecule has 6 heteroatoms. The van der Waals surface area contributed by atoms with Crippen LogP contribution in [0.3, 0.4) is 0 Å². The summed E-state index contributed by atoms with van der Waals surface area (Å²) in [5.74, 6) is 0.0639. The average molecular weight is 440 g/mol. The zero-order valence-corrected chi connectivity index (χ0v) is 17.5. The highest BCUT2D eigenvalue weighted by Gasteiger charge is 2.58. The molecule has 1 heterocycles. The summed E-state index contributed by atoms with van der Waals surface area (Å²) < 4.78 is 53.7. The largest absolute Gasteiger partial charge is 0.416 e. The molecule has 1 aliphatic carbocycles. The van der Waals surface area contributed by atoms with Gasteiger partial charge in [0, 0.05) is 32.2 Å². The summed E-state index contributed by atoms with van der Waals surface area (Å²) in [5.41, 5.74) is 1.72. The molecule has 166 valence electrons. The third-order valence-corrected chi connectivity index (χ3v) is 6.64. The van der Waals surface area contributed by atoms with E-state index in [0.29, 0.717) is 31.0 Å². The van der Waals surface area contributed by atoms with E-state index in [9.17, 15) is 17.6 Å². The van der Waals surface area contributed by atoms with Crippen molar-refractivity contribution < 1.29 is 17.6 Å². The van der Waals surface area contributed by atoms with Gasteiger partial charge in [0.1, 0.15) is 5.82 Å². The second-order valence-electron chi connectivity index (χ2n) is 8.76. The summed E-state index contributed by atoms with van der Waals surface area (Å²) in [6.07, 6.45) is -4.48. The monoisotopic (exact) mass is 440 g/mol. The number of fused-ring (bicyclic) bond motifs is 1. The number of piperidine rings is 1. The van der Waals surface area contributed by atoms with Crippen molar-refractivity contribution in [1.29, 1.82) is 0 Å². The summed E-state index contributed by atoms with van der Waals surface area (Å²) in [6.45, 7) is 2.78. The Balaban J connectivity index is 1.32. The molecule has 0 aromatic heterocycles. The zero-order chi connectivity index (χ0) is 22.3. The van der Waals surface area contributed by atoms with Crippen LogP contribution in [0.2, 0.25) is 0 Å². The van der Waals surface area contributed by atoms with Gasteiger partial charge < -0.3 is 4.90 Å². The van der Waals surface area contributed by atoms with Crippen LogP contribution >= 0.6 is 0 Å². The fourth-order valence-corrected chi connectivity index (χ4v) is 5.07. The molecule has 0 amide bonds. The van der Waals surface area contributed by atoms with Gasteiger partial charge in [-0.1, -0.05) is 60.7 Å². The van der Waals surface area contributed by atoms with E-state index in [1.54, 1.807) is 4.90 Å². The van der Waals surface area contributed by atoms with E-state index >= 15 is 0 Å². The van der Waals surface area contributed by atoms with E-state index in [-0.39, 0.29) is 5.69 Å². The van der Waals surface area contributed by atoms with Gasteiger partial charge in [0.2, 0.25) is 0 Å². The Morgan fingerprint density at radius 1 is 0.781 bits per heavy atom. The van der Waals surface area contributed by atoms with Gasteiger partial charge in [0.15, 0.2) is 0 Å². The first kappa shape index (κ1) is 21.0. The highest BCUT2D eigenvalue weighted by atomic mass is 19.4. The first-order chi connectivity index (χ1) is 15.4. The minimum atomic E-state index is -4.48. The van der Waals surface area contributed by atoms with Gasteiger partial charge >= 0.3 is 6.18 Å². The maximum absolute atomic E-state index is 14.4. The van der Waals surface area contributed by atoms with Gasteiger partial charge in [-0.25, -0.2) is 4.39 Å². The van der Waals surface area contributed by atoms with Gasteiger partial charge in [0.05, 0.1) is 11.3 Å². The molecule has 1 saturated carbocycles. The van der Waals surface area contributed by atoms with Crippen LogP contribution in [0.4, 0.5) is 23.2 Å². The lowest BCUT2D eigenvalue weighted by Gasteiger charge is -2.29. The van der Waals surface area contributed by atoms with Crippen LogP contribution in [-0.4, -0.2) is 24.0 Å². The molecule has 3 aromatic rings. The summed E-state index contributed by atoms with van der Waals surface area (Å²) in [6, 6.07) is 23.6. The van der Waals surface area contributed by atoms with Crippen LogP contribution in [0, 0.1) is 17.7 Å². The van der Waals surface area contributed by atoms with Crippen molar-refractivity contribution in [1.82, 2.24) is 4.90 Å². The first-order valence-electron chi connectivity index (χ1n) is 10.8. The van der Waals surface area contributed by atoms with Gasteiger partial charge in [0.25, 0.3) is 0 Å². The normalized spacial score (nSPS) is 22.3. The summed E-state index contributed by atoms with van der Waals surface area (Å²) in [4.78, 5) is 4.24. The molecule has 3 aromatic carbocycles. The second-order valence-corrected chi connectivity index (χ2v) is 8.76. The lowest BCUT2D eigenvalue weighted by atomic mass is 10.1. The minimum Gasteiger partial charge on any atom is -0.368 e. The standard InChI is InChI=1S/C26H24F4N2/c27-23-12-11-20(26(28,29)30)13-24(23)31-16-21-22(17-31)25(21)32(14-18-7-3-1-4-8-18)15-19-9-5-2-6-10-19/h1-13,21-22,25H,14-17H2. The number of benzene rings is 3. The number of halogens is 4. The molecule has 2 fully saturated rings. The summed E-state index contributed by atoms with van der Waals surface area (Å²) in [7, 11) is 0. The topological polar surface area (TPSA) is 6.48 Å². The van der Waals surface area contributed by atoms with Crippen LogP contribution in [0.5, 0.6) is 0 Å². The first-order valence-corrected chi connectivity index (χ1v) is 10.8. The SMILES string of the molecule is Fc1ccc(C(F)(F)F)cc1N1CC2C(C1)C2N(Cc1ccccc1)Cc1ccccc1. The summed E-state index contributed by atoms with van der Waals surface area (Å²) >= 11 is 0. The minimum absolute atomic E-state index is 0.0587. The highest BCUT2D eigenvalue weighted by molar-refractivity contribution is 5.53. The Kier molecular flexibility index (Phi) is 5.41. The smallest absolute Gasteiger partial charge is 0.368 e. The molecule has 0 spiro atoms. The number of anilines is 1. The molecule has 0 bridgehead atoms. The third kappa shape index (κ3) is 4.24. The van der Waals surface area contributed by atoms with E-state index in [1.165, 1.54) is 11.1 Å². The molecule has 1 saturated heterocycles. The third-order valence-electron chi connectivity index (χ3n) is 6.64. The van der Waals surface area contributed by atoms with Crippen molar-refractivity contribution in [3.8, 4) is 0 Å². The Bertz CT molecular complexity index is 1010. The Hall–Kier alpha value is -2.86. The predicted molar refractivity (Wildman–Crippen MR) is 117 cm³/mol. The van der Waals surface area contributed by atoms with Crippen molar-refractivity contribution in [2.45, 2.75) is 25.3 Å². The fraction of sp³-hybridized carbons (Fsp3) is 0.308. The molecular weight excluding hydrogens is 416 g/mol. The van der Waals surface area contributed by atoms with Gasteiger partial charge in [-0.15, -0.1) is 0 Å². The van der Waals surface area contributed by atoms with Crippen LogP contribution in [0.15, 0.2) is 78.9 Å². The Morgan fingerprint density at radius 3 is 1.81 bits per heavy atom. The van der Waals surface area contributed by atoms with Gasteiger partial charge in [-0.05, 0) is 41.2 Å². The maximum Gasteiger partial charge on any atom is 0.416 e. The van der Waals surface area contributed by atoms with Gasteiger partial charge in [-0.3, -0.25) is 4.90 Å². The van der Waals surface area contributed by atoms with Crippen molar-refractivity contribution >= 4 is 5.69 Å². The summed E-state index contributed by atoms with van der Waals surface area (Å²) in [5, 5.41) is 0. The lowest BCUT2D eigenvalue weighted by Crippen LogP contribution is -2.34. The van der Waals surface area contributed by atoms with Gasteiger partial charge in [-0.2, -0.15) is 13.2 Å². The quantitative estimate of drug-likeness (QED) is 0.435. The molecule has 0 radical (unpaired) electrons. The number of nitrogens with zero attached hydrogens (tertiary/aromatic N) is 2. The van der Waals surface area contributed by atoms with Crippen molar-refractivity contribution in [3.63, 3.8) is 0 Å². The fourth-order valence-electron chi connectivity index (χ4n) is 5.07. The molecule has 2 nitrogen and oxygen atoms in total. The van der Waals surface area contributed by atoms with Crippen molar-refractivity contribution in [3.05, 3.63) is 101 Å². The highest BCUT2D eigenvalue weighted by Crippen LogP contribution is 2.51. The number of alkyl halides is 3. The van der Waals surface area contributed by atoms with Crippen molar-refractivity contribution in [2.75, 3.05) is 18.0 Å². The molecule has 2 unspecified atom stereocenters. The molecule has 1 aliphatic heterocycles. The molecule has 0 N–H and O–H groups in total. The zero-order valence-electron chi connectivity index (χ0n) is 17.5. The Labute approximate surface area is 185 Å². The number of rotatable bonds is 6. The van der Waals surface area contributed by atoms with Crippen LogP contribution in [-0.2, 0) is 19.3 Å². The molecule has 32 heavy (non-hydrogen) atoms. The average Bonchev–Trinajstić information content (AvgIpc) is 3.27. The molecular formula is C26H24F4N2. The van der Waals surface area contributed by atoms with E-state index in [2.05, 4.69) is 29.2 Å². The van der Waals surface area contributed by atoms with E-state index < -0.39 is 17.6 Å². The lowest BCUT2D eigenvalue weighted by molar-refractivity contribution is -0.137. The molecule has 2 aliphatic rings. The maximum atomic E-state index is 14.4. The van der Waals surface area contributed by atoms with Crippen molar-refractivity contribution in [2.24, 2.45) is 11.8 Å². The molecule has 5 rings (SSSR count). The van der Waals surface area contributed by atoms with E-state index in [0.717, 1.165) is 31.3 Å².